The van der Waals surface area contributed by atoms with E-state index in [1.807, 2.05) is 0 Å². The fourth-order valence-corrected chi connectivity index (χ4v) is 3.48. The number of nitrogens with zero attached hydrogens (tertiary/aromatic N) is 1. The van der Waals surface area contributed by atoms with E-state index in [0.29, 0.717) is 17.9 Å². The molecule has 26 heavy (non-hydrogen) atoms. The van der Waals surface area contributed by atoms with Crippen LogP contribution in [0.4, 0.5) is 13.2 Å². The number of fused-ring (bicyclic) bond motifs is 1. The van der Waals surface area contributed by atoms with Gasteiger partial charge in [0.05, 0.1) is 24.9 Å². The Labute approximate surface area is 147 Å². The van der Waals surface area contributed by atoms with E-state index in [-0.39, 0.29) is 6.61 Å². The third-order valence-corrected chi connectivity index (χ3v) is 4.89. The van der Waals surface area contributed by atoms with Crippen LogP contribution in [0.2, 0.25) is 0 Å². The number of amides is 1. The van der Waals surface area contributed by atoms with Gasteiger partial charge in [0.1, 0.15) is 18.1 Å². The van der Waals surface area contributed by atoms with E-state index in [0.717, 1.165) is 10.5 Å². The molecule has 0 radical (unpaired) electrons. The van der Waals surface area contributed by atoms with Crippen LogP contribution in [-0.2, 0) is 16.0 Å². The fourth-order valence-electron chi connectivity index (χ4n) is 3.48. The van der Waals surface area contributed by atoms with Crippen molar-refractivity contribution in [1.29, 1.82) is 0 Å². The predicted octanol–water partition coefficient (Wildman–Crippen LogP) is 1.97. The Bertz CT molecular complexity index is 721. The van der Waals surface area contributed by atoms with Crippen molar-refractivity contribution < 1.29 is 37.3 Å². The van der Waals surface area contributed by atoms with Crippen LogP contribution in [0.25, 0.3) is 0 Å². The molecule has 0 bridgehead atoms. The Balaban J connectivity index is 1.74. The quantitative estimate of drug-likeness (QED) is 0.877. The minimum absolute atomic E-state index is 0.0447. The molecule has 9 heteroatoms. The first-order valence-corrected chi connectivity index (χ1v) is 8.08. The Kier molecular flexibility index (Phi) is 4.72. The van der Waals surface area contributed by atoms with E-state index < -0.39 is 48.9 Å². The lowest BCUT2D eigenvalue weighted by Gasteiger charge is -2.28. The van der Waals surface area contributed by atoms with Gasteiger partial charge >= 0.3 is 12.1 Å². The topological polar surface area (TPSA) is 76.1 Å². The first-order chi connectivity index (χ1) is 12.2. The zero-order chi connectivity index (χ0) is 19.1. The number of carboxylic acid groups (broad SMARTS) is 1. The second-order valence-corrected chi connectivity index (χ2v) is 6.52. The average Bonchev–Trinajstić information content (AvgIpc) is 3.06. The van der Waals surface area contributed by atoms with Crippen molar-refractivity contribution in [3.05, 3.63) is 23.8 Å². The van der Waals surface area contributed by atoms with Gasteiger partial charge in [-0.3, -0.25) is 9.59 Å². The number of hydrogen-bond donors (Lipinski definition) is 1. The molecule has 1 unspecified atom stereocenters. The molecule has 1 fully saturated rings. The first-order valence-electron chi connectivity index (χ1n) is 8.08. The van der Waals surface area contributed by atoms with Crippen LogP contribution < -0.4 is 9.47 Å². The molecule has 0 spiro atoms. The number of carbonyl (C=O) groups excluding carboxylic acids is 1. The lowest BCUT2D eigenvalue weighted by Crippen LogP contribution is -2.40. The molecule has 0 aromatic heterocycles. The van der Waals surface area contributed by atoms with Crippen LogP contribution in [0.3, 0.4) is 0 Å². The molecule has 0 saturated carbocycles. The van der Waals surface area contributed by atoms with E-state index in [4.69, 9.17) is 14.6 Å². The molecule has 3 rings (SSSR count). The minimum atomic E-state index is -4.67. The molecule has 3 atom stereocenters. The number of hydrogen-bond acceptors (Lipinski definition) is 4. The van der Waals surface area contributed by atoms with Gasteiger partial charge in [-0.2, -0.15) is 13.2 Å². The molecule has 1 aromatic rings. The molecule has 1 amide bonds. The number of halogens is 3. The van der Waals surface area contributed by atoms with Gasteiger partial charge in [-0.25, -0.2) is 0 Å². The first kappa shape index (κ1) is 18.3. The van der Waals surface area contributed by atoms with Gasteiger partial charge in [-0.1, -0.05) is 0 Å². The van der Waals surface area contributed by atoms with Gasteiger partial charge in [0.15, 0.2) is 0 Å². The van der Waals surface area contributed by atoms with E-state index in [1.54, 1.807) is 18.2 Å². The Hall–Kier alpha value is -2.45. The highest BCUT2D eigenvalue weighted by Gasteiger charge is 2.54. The van der Waals surface area contributed by atoms with Crippen molar-refractivity contribution in [2.24, 2.45) is 17.8 Å². The number of likely N-dealkylation sites (tertiary alicyclic amines) is 1. The summed E-state index contributed by atoms with van der Waals surface area (Å²) < 4.78 is 49.9. The zero-order valence-electron chi connectivity index (χ0n) is 14.0. The maximum absolute atomic E-state index is 13.1. The van der Waals surface area contributed by atoms with Crippen LogP contribution >= 0.6 is 0 Å². The molecule has 2 heterocycles. The summed E-state index contributed by atoms with van der Waals surface area (Å²) in [6, 6.07) is 5.15. The smallest absolute Gasteiger partial charge is 0.394 e. The number of alkyl halides is 3. The van der Waals surface area contributed by atoms with Crippen LogP contribution in [0.1, 0.15) is 5.56 Å². The summed E-state index contributed by atoms with van der Waals surface area (Å²) in [4.78, 5) is 24.8. The van der Waals surface area contributed by atoms with Crippen molar-refractivity contribution >= 4 is 11.9 Å². The minimum Gasteiger partial charge on any atom is -0.497 e. The molecule has 142 valence electrons. The van der Waals surface area contributed by atoms with Gasteiger partial charge in [-0.15, -0.1) is 0 Å². The highest BCUT2D eigenvalue weighted by atomic mass is 19.4. The maximum Gasteiger partial charge on any atom is 0.394 e. The second kappa shape index (κ2) is 6.69. The average molecular weight is 373 g/mol. The van der Waals surface area contributed by atoms with Crippen LogP contribution in [-0.4, -0.2) is 54.9 Å². The van der Waals surface area contributed by atoms with Gasteiger partial charge in [0.25, 0.3) is 0 Å². The summed E-state index contributed by atoms with van der Waals surface area (Å²) in [5.74, 6) is -5.22. The van der Waals surface area contributed by atoms with E-state index in [9.17, 15) is 22.8 Å². The van der Waals surface area contributed by atoms with Gasteiger partial charge in [-0.05, 0) is 30.2 Å². The number of rotatable bonds is 3. The number of carboxylic acids is 1. The molecular formula is C17H18F3NO5. The molecule has 1 aromatic carbocycles. The third-order valence-electron chi connectivity index (χ3n) is 4.89. The predicted molar refractivity (Wildman–Crippen MR) is 82.9 cm³/mol. The van der Waals surface area contributed by atoms with Crippen molar-refractivity contribution in [3.8, 4) is 11.5 Å². The molecular weight excluding hydrogens is 355 g/mol. The Morgan fingerprint density at radius 1 is 1.31 bits per heavy atom. The lowest BCUT2D eigenvalue weighted by molar-refractivity contribution is -0.188. The third kappa shape index (κ3) is 3.42. The highest BCUT2D eigenvalue weighted by Crippen LogP contribution is 2.39. The fraction of sp³-hybridized carbons (Fsp3) is 0.529. The number of ether oxygens (including phenoxy) is 2. The molecule has 2 aliphatic heterocycles. The SMILES string of the molecule is COc1ccc2c(c1)CC(C(=O)N1C[C@@H](C(F)(F)F)[C@H](C(=O)O)C1)CO2. The summed E-state index contributed by atoms with van der Waals surface area (Å²) >= 11 is 0. The number of carbonyl (C=O) groups is 2. The van der Waals surface area contributed by atoms with E-state index in [1.165, 1.54) is 7.11 Å². The van der Waals surface area contributed by atoms with Crippen LogP contribution in [0, 0.1) is 17.8 Å². The van der Waals surface area contributed by atoms with Crippen molar-refractivity contribution in [3.63, 3.8) is 0 Å². The molecule has 2 aliphatic rings. The largest absolute Gasteiger partial charge is 0.497 e. The van der Waals surface area contributed by atoms with Gasteiger partial charge < -0.3 is 19.5 Å². The summed E-state index contributed by atoms with van der Waals surface area (Å²) in [6.07, 6.45) is -4.36. The van der Waals surface area contributed by atoms with Crippen LogP contribution in [0.5, 0.6) is 11.5 Å². The summed E-state index contributed by atoms with van der Waals surface area (Å²) in [5, 5.41) is 9.07. The molecule has 1 N–H and O–H groups in total. The van der Waals surface area contributed by atoms with Crippen molar-refractivity contribution in [2.45, 2.75) is 12.6 Å². The molecule has 6 nitrogen and oxygen atoms in total. The van der Waals surface area contributed by atoms with Gasteiger partial charge in [0, 0.05) is 13.1 Å². The number of aliphatic carboxylic acids is 1. The van der Waals surface area contributed by atoms with E-state index >= 15 is 0 Å². The molecule has 0 aliphatic carbocycles. The van der Waals surface area contributed by atoms with Crippen molar-refractivity contribution in [1.82, 2.24) is 4.90 Å². The number of benzene rings is 1. The second-order valence-electron chi connectivity index (χ2n) is 6.52. The Morgan fingerprint density at radius 2 is 2.04 bits per heavy atom. The zero-order valence-corrected chi connectivity index (χ0v) is 14.0. The standard InChI is InChI=1S/C17H18F3NO5/c1-25-11-2-3-14-9(5-11)4-10(8-26-14)15(22)21-6-12(16(23)24)13(7-21)17(18,19)20/h2-3,5,10,12-13H,4,6-8H2,1H3,(H,23,24)/t10?,12-,13-/m1/s1. The lowest BCUT2D eigenvalue weighted by atomic mass is 9.95. The van der Waals surface area contributed by atoms with Crippen LogP contribution in [0.15, 0.2) is 18.2 Å². The van der Waals surface area contributed by atoms with Gasteiger partial charge in [0.2, 0.25) is 5.91 Å². The normalized spacial score (nSPS) is 25.4. The summed E-state index contributed by atoms with van der Waals surface area (Å²) in [5.41, 5.74) is 0.732. The summed E-state index contributed by atoms with van der Waals surface area (Å²) in [6.45, 7) is -1.04. The Morgan fingerprint density at radius 3 is 2.62 bits per heavy atom. The summed E-state index contributed by atoms with van der Waals surface area (Å²) in [7, 11) is 1.50. The number of methoxy groups -OCH3 is 1. The maximum atomic E-state index is 13.1. The van der Waals surface area contributed by atoms with Crippen molar-refractivity contribution in [2.75, 3.05) is 26.8 Å². The monoisotopic (exact) mass is 373 g/mol. The molecule has 1 saturated heterocycles. The highest BCUT2D eigenvalue weighted by molar-refractivity contribution is 5.82. The van der Waals surface area contributed by atoms with E-state index in [2.05, 4.69) is 0 Å².